The largest absolute Gasteiger partial charge is 0.378 e. The van der Waals surface area contributed by atoms with Crippen LogP contribution in [-0.4, -0.2) is 95.8 Å². The van der Waals surface area contributed by atoms with Gasteiger partial charge in [-0.2, -0.15) is 0 Å². The minimum atomic E-state index is -0.928. The number of amides is 2. The Hall–Kier alpha value is -1.40. The maximum absolute atomic E-state index is 11.5. The Morgan fingerprint density at radius 3 is 1.89 bits per heavy atom. The molecule has 1 atom stereocenters. The third-order valence-corrected chi connectivity index (χ3v) is 3.59. The number of ether oxygens (including phenoxy) is 4. The first-order valence-corrected chi connectivity index (χ1v) is 9.80. The van der Waals surface area contributed by atoms with Crippen LogP contribution in [-0.2, 0) is 28.5 Å². The van der Waals surface area contributed by atoms with Gasteiger partial charge in [-0.3, -0.25) is 14.1 Å². The second-order valence-corrected chi connectivity index (χ2v) is 6.23. The second-order valence-electron chi connectivity index (χ2n) is 5.09. The van der Waals surface area contributed by atoms with Crippen LogP contribution in [0.25, 0.3) is 0 Å². The molecule has 0 bridgehead atoms. The van der Waals surface area contributed by atoms with E-state index >= 15 is 0 Å². The molecule has 27 heavy (non-hydrogen) atoms. The van der Waals surface area contributed by atoms with Gasteiger partial charge in [0.1, 0.15) is 13.2 Å². The van der Waals surface area contributed by atoms with Gasteiger partial charge in [0.25, 0.3) is 0 Å². The van der Waals surface area contributed by atoms with Crippen molar-refractivity contribution in [1.82, 2.24) is 15.6 Å². The normalized spacial score (nSPS) is 11.7. The number of nitrogens with two attached hydrogens (primary N) is 1. The van der Waals surface area contributed by atoms with Crippen LogP contribution < -0.4 is 20.9 Å². The number of hydrogen-bond donors (Lipinski definition) is 4. The maximum Gasteiger partial charge on any atom is 0.328 e. The summed E-state index contributed by atoms with van der Waals surface area (Å²) in [6.45, 7) is 3.92. The summed E-state index contributed by atoms with van der Waals surface area (Å²) in [7, 11) is -0.928. The average molecular weight is 412 g/mol. The molecule has 1 heterocycles. The zero-order valence-electron chi connectivity index (χ0n) is 15.3. The number of carbonyl (C=O) groups excluding carboxylic acids is 2. The van der Waals surface area contributed by atoms with Crippen molar-refractivity contribution in [3.05, 3.63) is 0 Å². The molecule has 0 spiro atoms. The van der Waals surface area contributed by atoms with Crippen LogP contribution in [0.3, 0.4) is 0 Å². The number of rotatable bonds is 19. The minimum absolute atomic E-state index is 0.195. The topological polar surface area (TPSA) is 159 Å². The zero-order chi connectivity index (χ0) is 19.6. The van der Waals surface area contributed by atoms with Crippen LogP contribution in [0.15, 0.2) is 4.30 Å². The molecule has 0 saturated heterocycles. The highest BCUT2D eigenvalue weighted by molar-refractivity contribution is 7.36. The van der Waals surface area contributed by atoms with E-state index in [9.17, 15) is 9.59 Å². The predicted octanol–water partition coefficient (Wildman–Crippen LogP) is -1.72. The van der Waals surface area contributed by atoms with Crippen LogP contribution >= 0.6 is 8.16 Å². The molecule has 1 aromatic rings. The van der Waals surface area contributed by atoms with E-state index in [4.69, 9.17) is 29.2 Å². The molecular formula is C14H29N4O8P. The standard InChI is InChI=1S/C14H29N4O8P/c15-1-4-21-7-9-23-10-8-22-5-2-16-13(19)11-24-12-14(20)17-3-6-25-27-18-26-27/h18H,1-12,15H2,(H,16,19)(H,17,20). The van der Waals surface area contributed by atoms with Crippen molar-refractivity contribution in [2.45, 2.75) is 0 Å². The Kier molecular flexibility index (Phi) is 14.7. The van der Waals surface area contributed by atoms with E-state index in [0.717, 1.165) is 0 Å². The quantitative estimate of drug-likeness (QED) is 0.194. The molecule has 158 valence electrons. The molecule has 12 nitrogen and oxygen atoms in total. The zero-order valence-corrected chi connectivity index (χ0v) is 16.2. The van der Waals surface area contributed by atoms with Gasteiger partial charge in [-0.05, 0) is 0 Å². The van der Waals surface area contributed by atoms with E-state index in [1.807, 2.05) is 0 Å². The van der Waals surface area contributed by atoms with Crippen molar-refractivity contribution in [1.29, 1.82) is 0 Å². The maximum atomic E-state index is 11.5. The third kappa shape index (κ3) is 16.5. The highest BCUT2D eigenvalue weighted by atomic mass is 31.1. The summed E-state index contributed by atoms with van der Waals surface area (Å²) in [5.41, 5.74) is 5.28. The van der Waals surface area contributed by atoms with Gasteiger partial charge < -0.3 is 39.6 Å². The average Bonchev–Trinajstić information content (AvgIpc) is 3.48. The van der Waals surface area contributed by atoms with Crippen LogP contribution in [0.2, 0.25) is 0 Å². The van der Waals surface area contributed by atoms with E-state index < -0.39 is 8.16 Å². The molecule has 1 rings (SSSR count). The first kappa shape index (κ1) is 23.6. The smallest absolute Gasteiger partial charge is 0.328 e. The van der Waals surface area contributed by atoms with E-state index in [2.05, 4.69) is 19.9 Å². The SMILES string of the molecule is NCCOCCOCCOCCNC(=O)COCC(=O)NCCOp1[nH]o1. The van der Waals surface area contributed by atoms with Crippen molar-refractivity contribution in [3.8, 4) is 0 Å². The van der Waals surface area contributed by atoms with Crippen molar-refractivity contribution in [2.24, 2.45) is 5.73 Å². The molecule has 0 aliphatic rings. The van der Waals surface area contributed by atoms with E-state index in [-0.39, 0.29) is 25.0 Å². The molecule has 2 amide bonds. The minimum Gasteiger partial charge on any atom is -0.378 e. The highest BCUT2D eigenvalue weighted by Crippen LogP contribution is 2.23. The molecule has 0 fully saturated rings. The molecule has 5 N–H and O–H groups in total. The number of H-pyrrole nitrogens is 1. The molecular weight excluding hydrogens is 383 g/mol. The van der Waals surface area contributed by atoms with Gasteiger partial charge in [-0.25, -0.2) is 0 Å². The Bertz CT molecular complexity index is 470. The van der Waals surface area contributed by atoms with Crippen LogP contribution in [0.5, 0.6) is 0 Å². The van der Waals surface area contributed by atoms with Crippen molar-refractivity contribution < 1.29 is 37.4 Å². The summed E-state index contributed by atoms with van der Waals surface area (Å²) in [6, 6.07) is 0. The summed E-state index contributed by atoms with van der Waals surface area (Å²) in [5.74, 6) is -0.636. The molecule has 0 saturated carbocycles. The molecule has 1 aromatic heterocycles. The summed E-state index contributed by atoms with van der Waals surface area (Å²) in [6.07, 6.45) is 0. The molecule has 0 aromatic carbocycles. The van der Waals surface area contributed by atoms with Gasteiger partial charge in [0.05, 0.1) is 46.2 Å². The lowest BCUT2D eigenvalue weighted by Gasteiger charge is -2.08. The number of carbonyl (C=O) groups is 2. The number of aromatic amines is 1. The lowest BCUT2D eigenvalue weighted by atomic mass is 10.5. The summed E-state index contributed by atoms with van der Waals surface area (Å²) in [5, 5.41) is 5.21. The summed E-state index contributed by atoms with van der Waals surface area (Å²) < 4.78 is 30.6. The first-order valence-electron chi connectivity index (χ1n) is 8.62. The Morgan fingerprint density at radius 2 is 1.33 bits per heavy atom. The lowest BCUT2D eigenvalue weighted by Crippen LogP contribution is -2.34. The lowest BCUT2D eigenvalue weighted by molar-refractivity contribution is -0.131. The van der Waals surface area contributed by atoms with Gasteiger partial charge >= 0.3 is 8.16 Å². The number of aromatic nitrogens is 1. The number of hydrogen-bond acceptors (Lipinski definition) is 9. The fourth-order valence-electron chi connectivity index (χ4n) is 1.61. The van der Waals surface area contributed by atoms with E-state index in [1.54, 1.807) is 0 Å². The van der Waals surface area contributed by atoms with Gasteiger partial charge in [0.2, 0.25) is 11.8 Å². The Balaban J connectivity index is 1.77. The third-order valence-electron chi connectivity index (χ3n) is 2.84. The molecule has 0 aliphatic heterocycles. The number of nitrogens with one attached hydrogen (secondary N) is 3. The van der Waals surface area contributed by atoms with Gasteiger partial charge in [0.15, 0.2) is 0 Å². The molecule has 13 heteroatoms. The van der Waals surface area contributed by atoms with Crippen molar-refractivity contribution >= 4 is 20.0 Å². The molecule has 1 unspecified atom stereocenters. The monoisotopic (exact) mass is 412 g/mol. The Morgan fingerprint density at radius 1 is 0.815 bits per heavy atom. The first-order chi connectivity index (χ1) is 13.2. The fourth-order valence-corrected chi connectivity index (χ4v) is 2.11. The van der Waals surface area contributed by atoms with E-state index in [1.165, 1.54) is 0 Å². The van der Waals surface area contributed by atoms with Gasteiger partial charge in [-0.1, -0.05) is 0 Å². The van der Waals surface area contributed by atoms with Crippen molar-refractivity contribution in [2.75, 3.05) is 79.1 Å². The van der Waals surface area contributed by atoms with Crippen LogP contribution in [0.4, 0.5) is 0 Å². The van der Waals surface area contributed by atoms with Crippen LogP contribution in [0.1, 0.15) is 0 Å². The van der Waals surface area contributed by atoms with Crippen LogP contribution in [0, 0.1) is 0 Å². The van der Waals surface area contributed by atoms with Gasteiger partial charge in [-0.15, -0.1) is 4.92 Å². The fraction of sp³-hybridized carbons (Fsp3) is 0.857. The Labute approximate surface area is 158 Å². The van der Waals surface area contributed by atoms with Gasteiger partial charge in [0, 0.05) is 19.6 Å². The molecule has 0 aliphatic carbocycles. The highest BCUT2D eigenvalue weighted by Gasteiger charge is 2.06. The summed E-state index contributed by atoms with van der Waals surface area (Å²) in [4.78, 5) is 25.5. The summed E-state index contributed by atoms with van der Waals surface area (Å²) >= 11 is 0. The predicted molar refractivity (Wildman–Crippen MR) is 95.6 cm³/mol. The van der Waals surface area contributed by atoms with Crippen molar-refractivity contribution in [3.63, 3.8) is 0 Å². The second kappa shape index (κ2) is 16.8. The van der Waals surface area contributed by atoms with E-state index in [0.29, 0.717) is 65.9 Å². The molecule has 0 radical (unpaired) electrons.